The number of hydrogen-bond donors (Lipinski definition) is 1. The Kier molecular flexibility index (Phi) is 3.23. The predicted molar refractivity (Wildman–Crippen MR) is 75.9 cm³/mol. The number of benzene rings is 2. The molecule has 0 fully saturated rings. The molecule has 0 saturated carbocycles. The minimum absolute atomic E-state index is 0.0636. The molecular formula is C16H11FN2O2. The lowest BCUT2D eigenvalue weighted by atomic mass is 10.0. The highest BCUT2D eigenvalue weighted by molar-refractivity contribution is 5.88. The summed E-state index contributed by atoms with van der Waals surface area (Å²) in [6.07, 6.45) is 5.17. The fraction of sp³-hybridized carbons (Fsp3) is 0. The van der Waals surface area contributed by atoms with E-state index in [1.165, 1.54) is 12.1 Å². The zero-order valence-electron chi connectivity index (χ0n) is 10.9. The van der Waals surface area contributed by atoms with Crippen molar-refractivity contribution in [1.29, 1.82) is 0 Å². The van der Waals surface area contributed by atoms with Gasteiger partial charge in [-0.2, -0.15) is 0 Å². The first-order chi connectivity index (χ1) is 10.1. The summed E-state index contributed by atoms with van der Waals surface area (Å²) in [4.78, 5) is 14.8. The molecule has 0 amide bonds. The molecule has 0 spiro atoms. The molecule has 4 nitrogen and oxygen atoms in total. The van der Waals surface area contributed by atoms with Crippen LogP contribution in [-0.4, -0.2) is 20.6 Å². The molecule has 0 bridgehead atoms. The first-order valence-corrected chi connectivity index (χ1v) is 6.27. The van der Waals surface area contributed by atoms with Gasteiger partial charge in [0.1, 0.15) is 5.82 Å². The highest BCUT2D eigenvalue weighted by Gasteiger charge is 2.10. The van der Waals surface area contributed by atoms with E-state index in [2.05, 4.69) is 4.98 Å². The monoisotopic (exact) mass is 282 g/mol. The van der Waals surface area contributed by atoms with Crippen molar-refractivity contribution in [3.8, 4) is 16.8 Å². The molecule has 0 unspecified atom stereocenters. The highest BCUT2D eigenvalue weighted by Crippen LogP contribution is 2.24. The van der Waals surface area contributed by atoms with Crippen LogP contribution in [-0.2, 0) is 0 Å². The Morgan fingerprint density at radius 1 is 1.14 bits per heavy atom. The Bertz CT molecular complexity index is 781. The highest BCUT2D eigenvalue weighted by atomic mass is 19.1. The van der Waals surface area contributed by atoms with Gasteiger partial charge in [0.25, 0.3) is 0 Å². The van der Waals surface area contributed by atoms with E-state index in [1.54, 1.807) is 24.7 Å². The Morgan fingerprint density at radius 3 is 2.48 bits per heavy atom. The number of aromatic carboxylic acids is 1. The molecule has 2 aromatic carbocycles. The van der Waals surface area contributed by atoms with Crippen molar-refractivity contribution in [1.82, 2.24) is 9.55 Å². The Balaban J connectivity index is 1.96. The number of carboxylic acids is 1. The van der Waals surface area contributed by atoms with E-state index in [4.69, 9.17) is 5.11 Å². The zero-order valence-corrected chi connectivity index (χ0v) is 10.9. The summed E-state index contributed by atoms with van der Waals surface area (Å²) in [6.45, 7) is 0. The molecular weight excluding hydrogens is 271 g/mol. The number of aromatic nitrogens is 2. The van der Waals surface area contributed by atoms with Crippen LogP contribution >= 0.6 is 0 Å². The second-order valence-electron chi connectivity index (χ2n) is 4.52. The maximum atomic E-state index is 14.0. The van der Waals surface area contributed by atoms with Gasteiger partial charge in [-0.3, -0.25) is 0 Å². The maximum absolute atomic E-state index is 14.0. The van der Waals surface area contributed by atoms with Gasteiger partial charge in [0, 0.05) is 23.6 Å². The number of imidazole rings is 1. The fourth-order valence-electron chi connectivity index (χ4n) is 2.11. The predicted octanol–water partition coefficient (Wildman–Crippen LogP) is 3.38. The third-order valence-electron chi connectivity index (χ3n) is 3.20. The van der Waals surface area contributed by atoms with Gasteiger partial charge in [0.15, 0.2) is 0 Å². The molecule has 21 heavy (non-hydrogen) atoms. The summed E-state index contributed by atoms with van der Waals surface area (Å²) < 4.78 is 15.8. The van der Waals surface area contributed by atoms with E-state index in [-0.39, 0.29) is 5.56 Å². The Morgan fingerprint density at radius 2 is 1.90 bits per heavy atom. The van der Waals surface area contributed by atoms with E-state index in [9.17, 15) is 9.18 Å². The molecule has 0 aliphatic carbocycles. The van der Waals surface area contributed by atoms with Crippen LogP contribution in [0.5, 0.6) is 0 Å². The summed E-state index contributed by atoms with van der Waals surface area (Å²) in [5.74, 6) is -1.69. The smallest absolute Gasteiger partial charge is 0.335 e. The van der Waals surface area contributed by atoms with E-state index in [0.29, 0.717) is 11.1 Å². The van der Waals surface area contributed by atoms with Crippen molar-refractivity contribution in [2.45, 2.75) is 0 Å². The normalized spacial score (nSPS) is 10.5. The third-order valence-corrected chi connectivity index (χ3v) is 3.20. The minimum atomic E-state index is -1.14. The molecule has 1 aromatic heterocycles. The molecule has 0 aliphatic heterocycles. The van der Waals surface area contributed by atoms with Gasteiger partial charge >= 0.3 is 5.97 Å². The zero-order chi connectivity index (χ0) is 14.8. The average molecular weight is 282 g/mol. The summed E-state index contributed by atoms with van der Waals surface area (Å²) >= 11 is 0. The minimum Gasteiger partial charge on any atom is -0.478 e. The van der Waals surface area contributed by atoms with Gasteiger partial charge in [0.2, 0.25) is 0 Å². The van der Waals surface area contributed by atoms with Crippen LogP contribution in [0.25, 0.3) is 16.8 Å². The van der Waals surface area contributed by atoms with Crippen molar-refractivity contribution >= 4 is 5.97 Å². The number of carbonyl (C=O) groups is 1. The first kappa shape index (κ1) is 13.1. The molecule has 5 heteroatoms. The van der Waals surface area contributed by atoms with E-state index < -0.39 is 11.8 Å². The topological polar surface area (TPSA) is 55.1 Å². The van der Waals surface area contributed by atoms with Gasteiger partial charge in [-0.25, -0.2) is 14.2 Å². The van der Waals surface area contributed by atoms with Crippen molar-refractivity contribution in [2.24, 2.45) is 0 Å². The quantitative estimate of drug-likeness (QED) is 0.801. The van der Waals surface area contributed by atoms with Crippen LogP contribution in [0, 0.1) is 5.82 Å². The molecule has 1 heterocycles. The summed E-state index contributed by atoms with van der Waals surface area (Å²) in [7, 11) is 0. The van der Waals surface area contributed by atoms with Crippen molar-refractivity contribution in [2.75, 3.05) is 0 Å². The summed E-state index contributed by atoms with van der Waals surface area (Å²) in [5, 5.41) is 8.84. The van der Waals surface area contributed by atoms with Crippen LogP contribution in [0.1, 0.15) is 10.4 Å². The lowest BCUT2D eigenvalue weighted by Gasteiger charge is -2.07. The van der Waals surface area contributed by atoms with Gasteiger partial charge in [0.05, 0.1) is 11.9 Å². The summed E-state index contributed by atoms with van der Waals surface area (Å²) in [6, 6.07) is 11.2. The lowest BCUT2D eigenvalue weighted by Crippen LogP contribution is -1.97. The molecule has 3 rings (SSSR count). The van der Waals surface area contributed by atoms with Crippen molar-refractivity contribution in [3.05, 3.63) is 72.6 Å². The average Bonchev–Trinajstić information content (AvgIpc) is 3.01. The largest absolute Gasteiger partial charge is 0.478 e. The fourth-order valence-corrected chi connectivity index (χ4v) is 2.11. The number of halogens is 1. The number of carboxylic acid groups (broad SMARTS) is 1. The molecule has 104 valence electrons. The number of rotatable bonds is 3. The summed E-state index contributed by atoms with van der Waals surface area (Å²) in [5.41, 5.74) is 1.91. The molecule has 3 aromatic rings. The van der Waals surface area contributed by atoms with Gasteiger partial charge < -0.3 is 9.67 Å². The number of nitrogens with zero attached hydrogens (tertiary/aromatic N) is 2. The molecule has 0 atom stereocenters. The van der Waals surface area contributed by atoms with Crippen LogP contribution in [0.3, 0.4) is 0 Å². The van der Waals surface area contributed by atoms with Crippen LogP contribution < -0.4 is 0 Å². The third kappa shape index (κ3) is 2.53. The van der Waals surface area contributed by atoms with Crippen molar-refractivity contribution < 1.29 is 14.3 Å². The van der Waals surface area contributed by atoms with Gasteiger partial charge in [-0.05, 0) is 29.8 Å². The van der Waals surface area contributed by atoms with Gasteiger partial charge in [-0.1, -0.05) is 18.2 Å². The first-order valence-electron chi connectivity index (χ1n) is 6.27. The van der Waals surface area contributed by atoms with Crippen molar-refractivity contribution in [3.63, 3.8) is 0 Å². The molecule has 0 radical (unpaired) electrons. The molecule has 0 aliphatic rings. The number of hydrogen-bond acceptors (Lipinski definition) is 2. The lowest BCUT2D eigenvalue weighted by molar-refractivity contribution is 0.0696. The standard InChI is InChI=1S/C16H11FN2O2/c17-15-9-12(16(20)21)3-6-14(15)11-1-4-13(5-2-11)19-8-7-18-10-19/h1-10H,(H,20,21). The Hall–Kier alpha value is -2.95. The SMILES string of the molecule is O=C(O)c1ccc(-c2ccc(-n3ccnc3)cc2)c(F)c1. The molecule has 1 N–H and O–H groups in total. The Labute approximate surface area is 120 Å². The molecule has 0 saturated heterocycles. The van der Waals surface area contributed by atoms with Crippen LogP contribution in [0.2, 0.25) is 0 Å². The van der Waals surface area contributed by atoms with Gasteiger partial charge in [-0.15, -0.1) is 0 Å². The van der Waals surface area contributed by atoms with Crippen LogP contribution in [0.15, 0.2) is 61.2 Å². The second kappa shape index (κ2) is 5.20. The van der Waals surface area contributed by atoms with E-state index in [1.807, 2.05) is 22.9 Å². The van der Waals surface area contributed by atoms with Crippen LogP contribution in [0.4, 0.5) is 4.39 Å². The van der Waals surface area contributed by atoms with E-state index >= 15 is 0 Å². The second-order valence-corrected chi connectivity index (χ2v) is 4.52. The van der Waals surface area contributed by atoms with E-state index in [0.717, 1.165) is 11.8 Å². The maximum Gasteiger partial charge on any atom is 0.335 e.